The van der Waals surface area contributed by atoms with Crippen molar-refractivity contribution in [3.8, 4) is 11.4 Å². The number of para-hydroxylation sites is 2. The van der Waals surface area contributed by atoms with E-state index in [2.05, 4.69) is 52.0 Å². The Morgan fingerprint density at radius 3 is 2.93 bits per heavy atom. The molecule has 1 fully saturated rings. The van der Waals surface area contributed by atoms with Crippen molar-refractivity contribution in [2.45, 2.75) is 25.8 Å². The molecule has 1 unspecified atom stereocenters. The summed E-state index contributed by atoms with van der Waals surface area (Å²) in [6, 6.07) is 17.1. The number of carbonyl (C=O) groups excluding carboxylic acids is 1. The zero-order valence-electron chi connectivity index (χ0n) is 17.1. The molecule has 0 aliphatic carbocycles. The van der Waals surface area contributed by atoms with Crippen LogP contribution in [0.3, 0.4) is 0 Å². The van der Waals surface area contributed by atoms with Gasteiger partial charge in [-0.05, 0) is 55.8 Å². The maximum absolute atomic E-state index is 11.6. The number of likely N-dealkylation sites (N-methyl/N-ethyl adjacent to an activating group) is 2. The van der Waals surface area contributed by atoms with Crippen LogP contribution in [-0.2, 0) is 4.79 Å². The molecule has 1 aliphatic heterocycles. The molecule has 1 atom stereocenters. The minimum atomic E-state index is -0.107. The topological polar surface area (TPSA) is 50.2 Å². The molecule has 0 radical (unpaired) electrons. The molecular weight excluding hydrogens is 360 g/mol. The minimum Gasteiger partial charge on any atom is -0.356 e. The molecule has 150 valence electrons. The third-order valence-electron chi connectivity index (χ3n) is 5.71. The quantitative estimate of drug-likeness (QED) is 0.669. The predicted octanol–water partition coefficient (Wildman–Crippen LogP) is 4.12. The van der Waals surface area contributed by atoms with Crippen LogP contribution in [0.2, 0.25) is 0 Å². The third kappa shape index (κ3) is 4.10. The first-order chi connectivity index (χ1) is 14.2. The molecule has 2 heterocycles. The molecule has 2 aromatic carbocycles. The number of nitrogens with one attached hydrogen (secondary N) is 1. The number of aromatic nitrogens is 2. The number of piperidine rings is 1. The van der Waals surface area contributed by atoms with Crippen molar-refractivity contribution < 1.29 is 4.79 Å². The summed E-state index contributed by atoms with van der Waals surface area (Å²) in [5, 5.41) is 2.61. The second-order valence-electron chi connectivity index (χ2n) is 7.56. The summed E-state index contributed by atoms with van der Waals surface area (Å²) in [5.41, 5.74) is 4.29. The van der Waals surface area contributed by atoms with Gasteiger partial charge in [0.15, 0.2) is 0 Å². The Bertz CT molecular complexity index is 1040. The van der Waals surface area contributed by atoms with Gasteiger partial charge in [0.05, 0.1) is 11.0 Å². The number of rotatable bonds is 5. The molecule has 1 amide bonds. The smallest absolute Gasteiger partial charge is 0.243 e. The maximum atomic E-state index is 11.6. The van der Waals surface area contributed by atoms with Crippen molar-refractivity contribution in [2.75, 3.05) is 26.7 Å². The minimum absolute atomic E-state index is 0.107. The van der Waals surface area contributed by atoms with Gasteiger partial charge >= 0.3 is 0 Å². The first kappa shape index (κ1) is 19.4. The van der Waals surface area contributed by atoms with Gasteiger partial charge < -0.3 is 14.8 Å². The van der Waals surface area contributed by atoms with E-state index in [0.717, 1.165) is 35.6 Å². The van der Waals surface area contributed by atoms with E-state index in [1.54, 1.807) is 13.1 Å². The normalized spacial score (nSPS) is 17.8. The van der Waals surface area contributed by atoms with E-state index in [9.17, 15) is 4.79 Å². The third-order valence-corrected chi connectivity index (χ3v) is 5.71. The van der Waals surface area contributed by atoms with Crippen LogP contribution in [0.5, 0.6) is 0 Å². The lowest BCUT2D eigenvalue weighted by Gasteiger charge is -2.33. The Morgan fingerprint density at radius 1 is 1.24 bits per heavy atom. The Morgan fingerprint density at radius 2 is 2.10 bits per heavy atom. The van der Waals surface area contributed by atoms with Crippen molar-refractivity contribution in [3.63, 3.8) is 0 Å². The Kier molecular flexibility index (Phi) is 5.76. The van der Waals surface area contributed by atoms with Gasteiger partial charge in [-0.3, -0.25) is 4.79 Å². The highest BCUT2D eigenvalue weighted by Crippen LogP contribution is 2.33. The van der Waals surface area contributed by atoms with Crippen LogP contribution in [-0.4, -0.2) is 47.0 Å². The molecule has 3 aromatic rings. The van der Waals surface area contributed by atoms with Crippen LogP contribution in [0.4, 0.5) is 0 Å². The lowest BCUT2D eigenvalue weighted by molar-refractivity contribution is -0.115. The zero-order chi connectivity index (χ0) is 20.2. The number of benzene rings is 2. The highest BCUT2D eigenvalue weighted by molar-refractivity contribution is 5.91. The van der Waals surface area contributed by atoms with E-state index >= 15 is 0 Å². The second-order valence-corrected chi connectivity index (χ2v) is 7.56. The van der Waals surface area contributed by atoms with Crippen LogP contribution in [0.15, 0.2) is 54.6 Å². The summed E-state index contributed by atoms with van der Waals surface area (Å²) in [6.07, 6.45) is 5.77. The van der Waals surface area contributed by atoms with Crippen LogP contribution >= 0.6 is 0 Å². The summed E-state index contributed by atoms with van der Waals surface area (Å²) in [6.45, 7) is 5.55. The average molecular weight is 389 g/mol. The first-order valence-corrected chi connectivity index (χ1v) is 10.4. The number of carbonyl (C=O) groups is 1. The van der Waals surface area contributed by atoms with Crippen LogP contribution < -0.4 is 5.32 Å². The van der Waals surface area contributed by atoms with Gasteiger partial charge in [0, 0.05) is 31.3 Å². The molecule has 1 aromatic heterocycles. The van der Waals surface area contributed by atoms with Gasteiger partial charge in [-0.1, -0.05) is 37.3 Å². The number of hydrogen-bond donors (Lipinski definition) is 1. The fourth-order valence-corrected chi connectivity index (χ4v) is 4.18. The molecule has 1 aliphatic rings. The standard InChI is InChI=1S/C24H28N4O/c1-3-27-15-7-10-20(17-27)28-22-12-5-4-11-21(22)26-24(28)19-9-6-8-18(16-19)13-14-23(29)25-2/h4-6,8-9,11-14,16,20H,3,7,10,15,17H2,1-2H3,(H,25,29)/b14-13+. The molecule has 4 rings (SSSR count). The molecular formula is C24H28N4O. The molecule has 5 heteroatoms. The van der Waals surface area contributed by atoms with Gasteiger partial charge in [-0.15, -0.1) is 0 Å². The van der Waals surface area contributed by atoms with E-state index in [0.29, 0.717) is 6.04 Å². The Labute approximate surface area is 172 Å². The lowest BCUT2D eigenvalue weighted by atomic mass is 10.0. The number of hydrogen-bond acceptors (Lipinski definition) is 3. The van der Waals surface area contributed by atoms with Crippen LogP contribution in [0, 0.1) is 0 Å². The van der Waals surface area contributed by atoms with Crippen LogP contribution in [0.1, 0.15) is 31.4 Å². The fourth-order valence-electron chi connectivity index (χ4n) is 4.18. The molecule has 5 nitrogen and oxygen atoms in total. The van der Waals surface area contributed by atoms with E-state index in [4.69, 9.17) is 4.98 Å². The van der Waals surface area contributed by atoms with Gasteiger partial charge in [-0.2, -0.15) is 0 Å². The van der Waals surface area contributed by atoms with E-state index in [1.807, 2.05) is 24.3 Å². The largest absolute Gasteiger partial charge is 0.356 e. The number of nitrogens with zero attached hydrogens (tertiary/aromatic N) is 3. The SMILES string of the molecule is CCN1CCCC(n2c(-c3cccc(/C=C/C(=O)NC)c3)nc3ccccc32)C1. The summed E-state index contributed by atoms with van der Waals surface area (Å²) in [4.78, 5) is 19.1. The van der Waals surface area contributed by atoms with E-state index in [1.165, 1.54) is 24.9 Å². The monoisotopic (exact) mass is 388 g/mol. The van der Waals surface area contributed by atoms with Crippen molar-refractivity contribution in [3.05, 3.63) is 60.2 Å². The fraction of sp³-hybridized carbons (Fsp3) is 0.333. The van der Waals surface area contributed by atoms with E-state index < -0.39 is 0 Å². The second kappa shape index (κ2) is 8.62. The molecule has 0 bridgehead atoms. The molecule has 0 spiro atoms. The summed E-state index contributed by atoms with van der Waals surface area (Å²) < 4.78 is 2.43. The van der Waals surface area contributed by atoms with Crippen molar-refractivity contribution in [1.29, 1.82) is 0 Å². The Balaban J connectivity index is 1.78. The van der Waals surface area contributed by atoms with Crippen molar-refractivity contribution in [2.24, 2.45) is 0 Å². The van der Waals surface area contributed by atoms with Gasteiger partial charge in [0.25, 0.3) is 0 Å². The van der Waals surface area contributed by atoms with Gasteiger partial charge in [0.2, 0.25) is 5.91 Å². The molecule has 1 N–H and O–H groups in total. The van der Waals surface area contributed by atoms with E-state index in [-0.39, 0.29) is 5.91 Å². The highest BCUT2D eigenvalue weighted by Gasteiger charge is 2.25. The van der Waals surface area contributed by atoms with Crippen molar-refractivity contribution >= 4 is 23.0 Å². The number of likely N-dealkylation sites (tertiary alicyclic amines) is 1. The zero-order valence-corrected chi connectivity index (χ0v) is 17.1. The number of amides is 1. The van der Waals surface area contributed by atoms with Crippen LogP contribution in [0.25, 0.3) is 28.5 Å². The lowest BCUT2D eigenvalue weighted by Crippen LogP contribution is -2.36. The predicted molar refractivity (Wildman–Crippen MR) is 119 cm³/mol. The average Bonchev–Trinajstić information content (AvgIpc) is 3.17. The number of imidazole rings is 1. The van der Waals surface area contributed by atoms with Crippen molar-refractivity contribution in [1.82, 2.24) is 19.8 Å². The highest BCUT2D eigenvalue weighted by atomic mass is 16.1. The summed E-state index contributed by atoms with van der Waals surface area (Å²) in [5.74, 6) is 0.897. The summed E-state index contributed by atoms with van der Waals surface area (Å²) in [7, 11) is 1.63. The summed E-state index contributed by atoms with van der Waals surface area (Å²) >= 11 is 0. The van der Waals surface area contributed by atoms with Gasteiger partial charge in [0.1, 0.15) is 5.82 Å². The molecule has 0 saturated carbocycles. The molecule has 29 heavy (non-hydrogen) atoms. The Hall–Kier alpha value is -2.92. The molecule has 1 saturated heterocycles. The first-order valence-electron chi connectivity index (χ1n) is 10.4. The maximum Gasteiger partial charge on any atom is 0.243 e. The van der Waals surface area contributed by atoms with Gasteiger partial charge in [-0.25, -0.2) is 4.98 Å². The number of fused-ring (bicyclic) bond motifs is 1.